The van der Waals surface area contributed by atoms with Gasteiger partial charge < -0.3 is 0 Å². The van der Waals surface area contributed by atoms with Crippen molar-refractivity contribution in [3.05, 3.63) is 118 Å². The van der Waals surface area contributed by atoms with Crippen LogP contribution in [0, 0.1) is 6.20 Å². The number of rotatable bonds is 5. The Morgan fingerprint density at radius 2 is 1.34 bits per heavy atom. The van der Waals surface area contributed by atoms with Gasteiger partial charge in [-0.2, -0.15) is 0 Å². The van der Waals surface area contributed by atoms with Gasteiger partial charge in [0.2, 0.25) is 0 Å². The van der Waals surface area contributed by atoms with Gasteiger partial charge in [0.15, 0.2) is 0 Å². The van der Waals surface area contributed by atoms with Gasteiger partial charge in [0.1, 0.15) is 17.6 Å². The van der Waals surface area contributed by atoms with E-state index in [1.165, 1.54) is 0 Å². The number of nitrogens with zero attached hydrogens (tertiary/aromatic N) is 1. The van der Waals surface area contributed by atoms with Crippen LogP contribution >= 0.6 is 23.2 Å². The molecule has 0 amide bonds. The fraction of sp³-hybridized carbons (Fsp3) is 0.0909. The molecule has 0 spiro atoms. The van der Waals surface area contributed by atoms with Crippen LogP contribution < -0.4 is 0 Å². The van der Waals surface area contributed by atoms with Crippen molar-refractivity contribution in [2.75, 3.05) is 0 Å². The molecule has 0 fully saturated rings. The molecule has 0 saturated heterocycles. The molecule has 3 aromatic rings. The maximum Gasteiger partial charge on any atom is 0.268 e. The van der Waals surface area contributed by atoms with Gasteiger partial charge in [0.05, 0.1) is 0 Å². The van der Waals surface area contributed by atoms with Crippen LogP contribution in [0.2, 0.25) is 10.0 Å². The first kappa shape index (κ1) is 20.0. The first-order valence-electron chi connectivity index (χ1n) is 8.81. The fourth-order valence-corrected chi connectivity index (χ4v) is 5.00. The summed E-state index contributed by atoms with van der Waals surface area (Å²) < 4.78 is 27.9. The molecule has 0 bridgehead atoms. The highest BCUT2D eigenvalue weighted by Crippen LogP contribution is 2.37. The van der Waals surface area contributed by atoms with Gasteiger partial charge in [-0.25, -0.2) is 13.3 Å². The van der Waals surface area contributed by atoms with Crippen molar-refractivity contribution in [2.24, 2.45) is 0 Å². The lowest BCUT2D eigenvalue weighted by Gasteiger charge is -2.25. The highest BCUT2D eigenvalue weighted by atomic mass is 35.5. The van der Waals surface area contributed by atoms with E-state index < -0.39 is 21.4 Å². The zero-order valence-corrected chi connectivity index (χ0v) is 17.4. The van der Waals surface area contributed by atoms with Crippen LogP contribution in [-0.4, -0.2) is 12.9 Å². The summed E-state index contributed by atoms with van der Waals surface area (Å²) in [6, 6.07) is 22.8. The highest BCUT2D eigenvalue weighted by molar-refractivity contribution is 7.89. The van der Waals surface area contributed by atoms with Crippen molar-refractivity contribution in [1.29, 1.82) is 0 Å². The number of hydroxylamine groups is 1. The van der Waals surface area contributed by atoms with Gasteiger partial charge in [-0.1, -0.05) is 77.8 Å². The summed E-state index contributed by atoms with van der Waals surface area (Å²) in [6.45, 7) is 0. The third-order valence-corrected chi connectivity index (χ3v) is 6.84. The molecule has 147 valence electrons. The van der Waals surface area contributed by atoms with E-state index in [-0.39, 0.29) is 0 Å². The summed E-state index contributed by atoms with van der Waals surface area (Å²) >= 11 is 12.0. The fourth-order valence-electron chi connectivity index (χ4n) is 3.13. The Morgan fingerprint density at radius 1 is 0.828 bits per heavy atom. The van der Waals surface area contributed by atoms with Gasteiger partial charge in [-0.3, -0.25) is 0 Å². The quantitative estimate of drug-likeness (QED) is 0.505. The van der Waals surface area contributed by atoms with E-state index in [1.54, 1.807) is 54.6 Å². The van der Waals surface area contributed by atoms with E-state index >= 15 is 0 Å². The summed E-state index contributed by atoms with van der Waals surface area (Å²) in [6.07, 6.45) is 3.80. The van der Waals surface area contributed by atoms with Crippen LogP contribution in [-0.2, 0) is 14.9 Å². The third kappa shape index (κ3) is 4.19. The molecule has 4 rings (SSSR count). The molecule has 0 N–H and O–H groups in total. The molecule has 0 aliphatic carbocycles. The van der Waals surface area contributed by atoms with E-state index in [1.807, 2.05) is 30.3 Å². The summed E-state index contributed by atoms with van der Waals surface area (Å²) in [5.41, 5.74) is 1.96. The van der Waals surface area contributed by atoms with Crippen molar-refractivity contribution >= 4 is 33.2 Å². The molecular weight excluding hydrogens is 429 g/mol. The summed E-state index contributed by atoms with van der Waals surface area (Å²) in [5.74, 6) is 0. The van der Waals surface area contributed by atoms with Crippen LogP contribution in [0.15, 0.2) is 84.9 Å². The number of hydrogen-bond acceptors (Lipinski definition) is 3. The van der Waals surface area contributed by atoms with Crippen molar-refractivity contribution < 1.29 is 13.3 Å². The number of halogens is 2. The monoisotopic (exact) mass is 444 g/mol. The normalized spacial score (nSPS) is 16.5. The first-order chi connectivity index (χ1) is 13.9. The molecule has 1 aliphatic heterocycles. The van der Waals surface area contributed by atoms with Crippen molar-refractivity contribution in [3.8, 4) is 0 Å². The predicted molar refractivity (Wildman–Crippen MR) is 114 cm³/mol. The second kappa shape index (κ2) is 8.20. The van der Waals surface area contributed by atoms with Gasteiger partial charge in [-0.05, 0) is 47.0 Å². The average molecular weight is 445 g/mol. The zero-order chi connectivity index (χ0) is 20.4. The van der Waals surface area contributed by atoms with E-state index in [0.29, 0.717) is 21.2 Å². The summed E-state index contributed by atoms with van der Waals surface area (Å²) in [7, 11) is -3.99. The first-order valence-corrected chi connectivity index (χ1v) is 11.1. The Bertz CT molecular complexity index is 1070. The van der Waals surface area contributed by atoms with Gasteiger partial charge >= 0.3 is 0 Å². The topological polar surface area (TPSA) is 46.6 Å². The number of hydrogen-bond donors (Lipinski definition) is 0. The van der Waals surface area contributed by atoms with Crippen LogP contribution in [0.25, 0.3) is 0 Å². The second-order valence-corrected chi connectivity index (χ2v) is 9.19. The van der Waals surface area contributed by atoms with Crippen LogP contribution in [0.3, 0.4) is 0 Å². The smallest absolute Gasteiger partial charge is 0.246 e. The molecule has 3 aromatic carbocycles. The Morgan fingerprint density at radius 3 is 1.86 bits per heavy atom. The highest BCUT2D eigenvalue weighted by Gasteiger charge is 2.38. The molecular formula is C22H16Cl2NO3S. The molecule has 1 atom stereocenters. The van der Waals surface area contributed by atoms with Crippen molar-refractivity contribution in [3.63, 3.8) is 0 Å². The summed E-state index contributed by atoms with van der Waals surface area (Å²) in [5, 5.41) is 0.0375. The van der Waals surface area contributed by atoms with Crippen LogP contribution in [0.1, 0.15) is 28.0 Å². The van der Waals surface area contributed by atoms with E-state index in [0.717, 1.165) is 10.0 Å². The third-order valence-electron chi connectivity index (χ3n) is 4.54. The van der Waals surface area contributed by atoms with Crippen molar-refractivity contribution in [1.82, 2.24) is 4.47 Å². The molecule has 29 heavy (non-hydrogen) atoms. The minimum Gasteiger partial charge on any atom is -0.246 e. The van der Waals surface area contributed by atoms with Gasteiger partial charge in [0, 0.05) is 10.0 Å². The van der Waals surface area contributed by atoms with Gasteiger partial charge in [0.25, 0.3) is 10.0 Å². The maximum absolute atomic E-state index is 13.5. The molecule has 0 saturated carbocycles. The lowest BCUT2D eigenvalue weighted by molar-refractivity contribution is -0.0676. The van der Waals surface area contributed by atoms with E-state index in [4.69, 9.17) is 28.0 Å². The van der Waals surface area contributed by atoms with Crippen LogP contribution in [0.4, 0.5) is 0 Å². The average Bonchev–Trinajstić information content (AvgIpc) is 3.23. The minimum atomic E-state index is -3.99. The molecule has 4 nitrogen and oxygen atoms in total. The standard InChI is InChI=1S/C22H16Cl2NO3S/c23-19-10-6-17(7-11-19)22(18-8-12-20(24)13-9-18)29(26,27)25-15-14-21(28-25)16-4-2-1-3-5-16/h1-14,21-22H. The minimum absolute atomic E-state index is 0.522. The molecule has 1 aliphatic rings. The molecule has 7 heteroatoms. The lowest BCUT2D eigenvalue weighted by atomic mass is 10.0. The lowest BCUT2D eigenvalue weighted by Crippen LogP contribution is -2.30. The SMILES string of the molecule is O=S(=O)(C(c1ccc(Cl)cc1)c1ccc(Cl)cc1)N1[C]=CC(c2ccccc2)O1. The maximum atomic E-state index is 13.5. The van der Waals surface area contributed by atoms with Crippen LogP contribution in [0.5, 0.6) is 0 Å². The molecule has 1 heterocycles. The van der Waals surface area contributed by atoms with E-state index in [9.17, 15) is 8.42 Å². The Kier molecular flexibility index (Phi) is 5.65. The largest absolute Gasteiger partial charge is 0.268 e. The Balaban J connectivity index is 1.71. The molecule has 1 unspecified atom stereocenters. The molecule has 0 aromatic heterocycles. The Labute approximate surface area is 180 Å². The number of sulfonamides is 1. The Hall–Kier alpha value is -2.31. The van der Waals surface area contributed by atoms with Crippen molar-refractivity contribution in [2.45, 2.75) is 11.4 Å². The van der Waals surface area contributed by atoms with Gasteiger partial charge in [-0.15, -0.1) is 4.47 Å². The second-order valence-electron chi connectivity index (χ2n) is 6.49. The molecule has 1 radical (unpaired) electrons. The number of benzene rings is 3. The van der Waals surface area contributed by atoms with E-state index in [2.05, 4.69) is 6.20 Å². The predicted octanol–water partition coefficient (Wildman–Crippen LogP) is 5.72. The zero-order valence-electron chi connectivity index (χ0n) is 15.1. The summed E-state index contributed by atoms with van der Waals surface area (Å²) in [4.78, 5) is 5.71.